The van der Waals surface area contributed by atoms with Crippen LogP contribution in [-0.2, 0) is 29.3 Å². The molecule has 0 spiro atoms. The van der Waals surface area contributed by atoms with E-state index in [9.17, 15) is 4.79 Å². The predicted octanol–water partition coefficient (Wildman–Crippen LogP) is 4.34. The lowest BCUT2D eigenvalue weighted by molar-refractivity contribution is -0.138. The molecule has 0 unspecified atom stereocenters. The maximum absolute atomic E-state index is 12.8. The highest BCUT2D eigenvalue weighted by Crippen LogP contribution is 2.38. The minimum atomic E-state index is -0.317. The smallest absolute Gasteiger partial charge is 0.230 e. The van der Waals surface area contributed by atoms with Crippen molar-refractivity contribution in [3.05, 3.63) is 71.3 Å². The molecule has 7 heteroatoms. The Labute approximate surface area is 215 Å². The van der Waals surface area contributed by atoms with Gasteiger partial charge in [-0.3, -0.25) is 9.79 Å². The molecule has 3 rings (SSSR count). The third-order valence-corrected chi connectivity index (χ3v) is 6.10. The van der Waals surface area contributed by atoms with Gasteiger partial charge in [0, 0.05) is 34.2 Å². The van der Waals surface area contributed by atoms with Crippen molar-refractivity contribution in [1.82, 2.24) is 15.5 Å². The van der Waals surface area contributed by atoms with E-state index in [0.29, 0.717) is 26.3 Å². The fourth-order valence-corrected chi connectivity index (χ4v) is 4.27. The highest BCUT2D eigenvalue weighted by Gasteiger charge is 2.42. The zero-order valence-electron chi connectivity index (χ0n) is 20.0. The molecule has 33 heavy (non-hydrogen) atoms. The molecule has 0 atom stereocenters. The van der Waals surface area contributed by atoms with E-state index < -0.39 is 0 Å². The Morgan fingerprint density at radius 2 is 1.52 bits per heavy atom. The highest BCUT2D eigenvalue weighted by molar-refractivity contribution is 14.0. The molecule has 0 aromatic heterocycles. The molecule has 0 heterocycles. The molecule has 1 aliphatic carbocycles. The molecule has 0 saturated heterocycles. The second-order valence-electron chi connectivity index (χ2n) is 8.76. The van der Waals surface area contributed by atoms with Crippen molar-refractivity contribution in [3.8, 4) is 0 Å². The lowest BCUT2D eigenvalue weighted by atomic mass is 9.84. The molecule has 1 fully saturated rings. The summed E-state index contributed by atoms with van der Waals surface area (Å²) in [4.78, 5) is 18.8. The van der Waals surface area contributed by atoms with E-state index in [1.807, 2.05) is 32.3 Å². The average Bonchev–Trinajstić information content (AvgIpc) is 3.30. The van der Waals surface area contributed by atoms with Gasteiger partial charge in [0.05, 0.1) is 18.6 Å². The Morgan fingerprint density at radius 3 is 2.09 bits per heavy atom. The molecule has 2 aromatic carbocycles. The van der Waals surface area contributed by atoms with Crippen LogP contribution in [0.25, 0.3) is 0 Å². The van der Waals surface area contributed by atoms with Crippen LogP contribution in [-0.4, -0.2) is 44.5 Å². The minimum absolute atomic E-state index is 0. The van der Waals surface area contributed by atoms with Gasteiger partial charge in [0.1, 0.15) is 0 Å². The lowest BCUT2D eigenvalue weighted by Gasteiger charge is -2.31. The topological polar surface area (TPSA) is 66.0 Å². The van der Waals surface area contributed by atoms with Gasteiger partial charge in [-0.2, -0.15) is 0 Å². The van der Waals surface area contributed by atoms with Crippen molar-refractivity contribution in [2.75, 3.05) is 27.7 Å². The molecule has 1 amide bonds. The van der Waals surface area contributed by atoms with Gasteiger partial charge in [-0.1, -0.05) is 67.4 Å². The number of carbonyl (C=O) groups is 1. The second-order valence-corrected chi connectivity index (χ2v) is 8.76. The summed E-state index contributed by atoms with van der Waals surface area (Å²) in [6.07, 6.45) is 4.08. The summed E-state index contributed by atoms with van der Waals surface area (Å²) in [5.41, 5.74) is 3.18. The van der Waals surface area contributed by atoms with E-state index in [-0.39, 0.29) is 35.3 Å². The summed E-state index contributed by atoms with van der Waals surface area (Å²) >= 11 is 0. The third kappa shape index (κ3) is 7.99. The molecule has 180 valence electrons. The number of amides is 1. The third-order valence-electron chi connectivity index (χ3n) is 6.10. The number of halogens is 1. The second kappa shape index (κ2) is 13.5. The van der Waals surface area contributed by atoms with Gasteiger partial charge in [0.25, 0.3) is 0 Å². The molecular formula is C26H37IN4O2. The summed E-state index contributed by atoms with van der Waals surface area (Å²) < 4.78 is 5.81. The van der Waals surface area contributed by atoms with Crippen LogP contribution in [0.3, 0.4) is 0 Å². The number of carbonyl (C=O) groups excluding carboxylic acids is 1. The number of hydrogen-bond acceptors (Lipinski definition) is 3. The number of hydrogen-bond donors (Lipinski definition) is 2. The molecule has 1 aliphatic rings. The van der Waals surface area contributed by atoms with Crippen LogP contribution in [0.1, 0.15) is 42.4 Å². The predicted molar refractivity (Wildman–Crippen MR) is 145 cm³/mol. The van der Waals surface area contributed by atoms with Crippen LogP contribution in [0.5, 0.6) is 0 Å². The lowest BCUT2D eigenvalue weighted by Crippen LogP contribution is -2.49. The van der Waals surface area contributed by atoms with Crippen LogP contribution in [0.2, 0.25) is 0 Å². The molecule has 2 aromatic rings. The van der Waals surface area contributed by atoms with Crippen LogP contribution in [0.4, 0.5) is 0 Å². The van der Waals surface area contributed by atoms with Crippen LogP contribution >= 0.6 is 24.0 Å². The van der Waals surface area contributed by atoms with Crippen LogP contribution in [0.15, 0.2) is 59.6 Å². The molecular weight excluding hydrogens is 527 g/mol. The number of ether oxygens (including phenoxy) is 1. The first-order valence-electron chi connectivity index (χ1n) is 11.4. The quantitative estimate of drug-likeness (QED) is 0.270. The normalized spacial score (nSPS) is 14.9. The van der Waals surface area contributed by atoms with Gasteiger partial charge in [0.2, 0.25) is 5.91 Å². The van der Waals surface area contributed by atoms with Crippen molar-refractivity contribution in [1.29, 1.82) is 0 Å². The van der Waals surface area contributed by atoms with Crippen LogP contribution < -0.4 is 10.6 Å². The largest absolute Gasteiger partial charge is 0.372 e. The van der Waals surface area contributed by atoms with E-state index in [0.717, 1.165) is 37.2 Å². The van der Waals surface area contributed by atoms with Gasteiger partial charge in [0.15, 0.2) is 5.96 Å². The molecule has 0 aliphatic heterocycles. The Balaban J connectivity index is 0.00000385. The van der Waals surface area contributed by atoms with E-state index in [1.165, 1.54) is 11.1 Å². The standard InChI is InChI=1S/C26H36N4O2.HI/c1-27-25(29-20-26(15-7-8-16-26)24(31)30(2)3)28-17-21-11-13-23(14-12-21)19-32-18-22-9-5-4-6-10-22;/h4-6,9-14H,7-8,15-20H2,1-3H3,(H2,27,28,29);1H. The Bertz CT molecular complexity index is 879. The molecule has 2 N–H and O–H groups in total. The van der Waals surface area contributed by atoms with Gasteiger partial charge in [-0.15, -0.1) is 24.0 Å². The maximum atomic E-state index is 12.8. The van der Waals surface area contributed by atoms with Crippen molar-refractivity contribution in [3.63, 3.8) is 0 Å². The first-order chi connectivity index (χ1) is 15.5. The van der Waals surface area contributed by atoms with Gasteiger partial charge < -0.3 is 20.3 Å². The molecule has 0 radical (unpaired) electrons. The number of benzene rings is 2. The molecule has 6 nitrogen and oxygen atoms in total. The molecule has 1 saturated carbocycles. The maximum Gasteiger partial charge on any atom is 0.230 e. The van der Waals surface area contributed by atoms with Crippen molar-refractivity contribution < 1.29 is 9.53 Å². The average molecular weight is 565 g/mol. The van der Waals surface area contributed by atoms with Gasteiger partial charge >= 0.3 is 0 Å². The Morgan fingerprint density at radius 1 is 0.939 bits per heavy atom. The Hall–Kier alpha value is -2.13. The van der Waals surface area contributed by atoms with Crippen molar-refractivity contribution >= 4 is 35.8 Å². The van der Waals surface area contributed by atoms with Crippen molar-refractivity contribution in [2.24, 2.45) is 10.4 Å². The zero-order chi connectivity index (χ0) is 22.8. The summed E-state index contributed by atoms with van der Waals surface area (Å²) in [5.74, 6) is 0.932. The van der Waals surface area contributed by atoms with Gasteiger partial charge in [-0.25, -0.2) is 0 Å². The number of guanidine groups is 1. The highest BCUT2D eigenvalue weighted by atomic mass is 127. The van der Waals surface area contributed by atoms with E-state index in [1.54, 1.807) is 11.9 Å². The van der Waals surface area contributed by atoms with E-state index in [4.69, 9.17) is 4.74 Å². The summed E-state index contributed by atoms with van der Waals surface area (Å²) in [7, 11) is 5.44. The van der Waals surface area contributed by atoms with Crippen LogP contribution in [0, 0.1) is 5.41 Å². The number of aliphatic imine (C=N–C) groups is 1. The summed E-state index contributed by atoms with van der Waals surface area (Å²) in [6, 6.07) is 18.6. The van der Waals surface area contributed by atoms with Gasteiger partial charge in [-0.05, 0) is 29.5 Å². The summed E-state index contributed by atoms with van der Waals surface area (Å²) in [6.45, 7) is 2.48. The van der Waals surface area contributed by atoms with Crippen molar-refractivity contribution in [2.45, 2.75) is 45.4 Å². The fraction of sp³-hybridized carbons (Fsp3) is 0.462. The van der Waals surface area contributed by atoms with E-state index >= 15 is 0 Å². The first kappa shape index (κ1) is 27.1. The monoisotopic (exact) mass is 564 g/mol. The number of nitrogens with one attached hydrogen (secondary N) is 2. The minimum Gasteiger partial charge on any atom is -0.372 e. The number of rotatable bonds is 9. The summed E-state index contributed by atoms with van der Waals surface area (Å²) in [5, 5.41) is 6.75. The van der Waals surface area contributed by atoms with E-state index in [2.05, 4.69) is 52.0 Å². The number of nitrogens with zero attached hydrogens (tertiary/aromatic N) is 2. The SMILES string of the molecule is CN=C(NCc1ccc(COCc2ccccc2)cc1)NCC1(C(=O)N(C)C)CCCC1.I. The zero-order valence-corrected chi connectivity index (χ0v) is 22.3. The first-order valence-corrected chi connectivity index (χ1v) is 11.4. The Kier molecular flexibility index (Phi) is 11.1. The fourth-order valence-electron chi connectivity index (χ4n) is 4.27. The molecule has 0 bridgehead atoms.